The zero-order chi connectivity index (χ0) is 34.5. The molecule has 3 rings (SSSR count). The number of benzene rings is 1. The Bertz CT molecular complexity index is 1220. The summed E-state index contributed by atoms with van der Waals surface area (Å²) < 4.78 is 0. The number of aryl methyl sites for hydroxylation is 2. The first-order valence-corrected chi connectivity index (χ1v) is 17.0. The third-order valence-corrected chi connectivity index (χ3v) is 7.99. The highest BCUT2D eigenvalue weighted by atomic mass is 32.1. The predicted octanol–water partition coefficient (Wildman–Crippen LogP) is 10.1. The first kappa shape index (κ1) is 41.8. The van der Waals surface area contributed by atoms with Crippen LogP contribution in [-0.2, 0) is 16.0 Å². The Morgan fingerprint density at radius 2 is 1.80 bits per heavy atom. The summed E-state index contributed by atoms with van der Waals surface area (Å²) >= 11 is 4.91. The molecule has 5 heteroatoms. The second kappa shape index (κ2) is 23.2. The quantitative estimate of drug-likeness (QED) is 0.0529. The second-order valence-corrected chi connectivity index (χ2v) is 12.9. The zero-order valence-electron chi connectivity index (χ0n) is 29.7. The van der Waals surface area contributed by atoms with Crippen LogP contribution in [-0.4, -0.2) is 35.4 Å². The van der Waals surface area contributed by atoms with Crippen molar-refractivity contribution in [2.45, 2.75) is 125 Å². The van der Waals surface area contributed by atoms with Crippen molar-refractivity contribution in [2.24, 2.45) is 5.92 Å². The molecule has 0 saturated heterocycles. The Hall–Kier alpha value is -3.23. The van der Waals surface area contributed by atoms with Crippen LogP contribution in [0.15, 0.2) is 59.4 Å². The molecule has 2 N–H and O–H groups in total. The van der Waals surface area contributed by atoms with Crippen molar-refractivity contribution in [1.29, 1.82) is 0 Å². The van der Waals surface area contributed by atoms with E-state index in [0.29, 0.717) is 22.9 Å². The van der Waals surface area contributed by atoms with Crippen LogP contribution in [0.2, 0.25) is 0 Å². The maximum atomic E-state index is 11.1. The van der Waals surface area contributed by atoms with Crippen LogP contribution < -0.4 is 5.73 Å². The molecule has 1 aliphatic carbocycles. The normalized spacial score (nSPS) is 18.7. The SMILES string of the molecule is C#CC(=S)/C=C/C1=C(C=O)N(C)C(CC=O)C1C.C=C(C)C.CCC.CCCCCc1cc(C)c(C2C=C(C)CCC2)c(N)c1. The number of terminal acetylenes is 1. The van der Waals surface area contributed by atoms with Gasteiger partial charge in [0.2, 0.25) is 0 Å². The molecule has 0 bridgehead atoms. The maximum Gasteiger partial charge on any atom is 0.166 e. The van der Waals surface area contributed by atoms with Gasteiger partial charge in [0, 0.05) is 37.0 Å². The van der Waals surface area contributed by atoms with E-state index in [0.717, 1.165) is 23.8 Å². The van der Waals surface area contributed by atoms with Crippen LogP contribution in [0, 0.1) is 25.2 Å². The van der Waals surface area contributed by atoms with Crippen LogP contribution in [0.3, 0.4) is 0 Å². The molecule has 0 fully saturated rings. The second-order valence-electron chi connectivity index (χ2n) is 12.5. The van der Waals surface area contributed by atoms with Gasteiger partial charge in [-0.05, 0) is 94.2 Å². The van der Waals surface area contributed by atoms with E-state index >= 15 is 0 Å². The predicted molar refractivity (Wildman–Crippen MR) is 201 cm³/mol. The summed E-state index contributed by atoms with van der Waals surface area (Å²) in [5, 5.41) is 0. The van der Waals surface area contributed by atoms with Crippen LogP contribution in [0.1, 0.15) is 122 Å². The Kier molecular flexibility index (Phi) is 21.5. The molecule has 1 aromatic rings. The zero-order valence-corrected chi connectivity index (χ0v) is 30.5. The summed E-state index contributed by atoms with van der Waals surface area (Å²) in [7, 11) is 1.81. The van der Waals surface area contributed by atoms with Gasteiger partial charge in [-0.3, -0.25) is 4.79 Å². The van der Waals surface area contributed by atoms with Crippen molar-refractivity contribution in [2.75, 3.05) is 12.8 Å². The van der Waals surface area contributed by atoms with Crippen molar-refractivity contribution in [1.82, 2.24) is 4.90 Å². The fourth-order valence-corrected chi connectivity index (χ4v) is 5.76. The number of carbonyl (C=O) groups excluding carboxylic acids is 2. The summed E-state index contributed by atoms with van der Waals surface area (Å²) in [6, 6.07) is 4.59. The molecule has 0 amide bonds. The molecular formula is C40H60N2O2S. The third kappa shape index (κ3) is 15.1. The number of nitrogens with two attached hydrogens (primary N) is 1. The molecule has 45 heavy (non-hydrogen) atoms. The highest BCUT2D eigenvalue weighted by molar-refractivity contribution is 7.81. The van der Waals surface area contributed by atoms with Gasteiger partial charge >= 0.3 is 0 Å². The van der Waals surface area contributed by atoms with Crippen molar-refractivity contribution >= 4 is 35.3 Å². The lowest BCUT2D eigenvalue weighted by Crippen LogP contribution is -2.30. The van der Waals surface area contributed by atoms with E-state index in [9.17, 15) is 9.59 Å². The third-order valence-electron chi connectivity index (χ3n) is 7.74. The number of hydrogen-bond acceptors (Lipinski definition) is 5. The summed E-state index contributed by atoms with van der Waals surface area (Å²) in [6.45, 7) is 20.5. The molecule has 1 heterocycles. The molecule has 4 nitrogen and oxygen atoms in total. The Labute approximate surface area is 281 Å². The van der Waals surface area contributed by atoms with Crippen molar-refractivity contribution in [3.63, 3.8) is 0 Å². The lowest BCUT2D eigenvalue weighted by atomic mass is 9.82. The topological polar surface area (TPSA) is 63.4 Å². The number of allylic oxidation sites excluding steroid dienone is 6. The van der Waals surface area contributed by atoms with Gasteiger partial charge in [0.25, 0.3) is 0 Å². The summed E-state index contributed by atoms with van der Waals surface area (Å²) in [5.41, 5.74) is 15.7. The van der Waals surface area contributed by atoms with Crippen LogP contribution >= 0.6 is 12.2 Å². The minimum atomic E-state index is 0.0155. The molecule has 3 unspecified atom stereocenters. The van der Waals surface area contributed by atoms with Crippen molar-refractivity contribution in [3.05, 3.63) is 76.0 Å². The lowest BCUT2D eigenvalue weighted by molar-refractivity contribution is -0.109. The average molecular weight is 633 g/mol. The lowest BCUT2D eigenvalue weighted by Gasteiger charge is -2.24. The molecule has 0 spiro atoms. The van der Waals surface area contributed by atoms with Crippen LogP contribution in [0.4, 0.5) is 5.69 Å². The van der Waals surface area contributed by atoms with Gasteiger partial charge in [0.1, 0.15) is 6.29 Å². The highest BCUT2D eigenvalue weighted by Crippen LogP contribution is 2.37. The number of thiocarbonyl (C=S) groups is 1. The first-order valence-electron chi connectivity index (χ1n) is 16.6. The van der Waals surface area contributed by atoms with Gasteiger partial charge in [-0.1, -0.05) is 94.5 Å². The highest BCUT2D eigenvalue weighted by Gasteiger charge is 2.34. The molecule has 248 valence electrons. The van der Waals surface area contributed by atoms with Crippen molar-refractivity contribution < 1.29 is 9.59 Å². The van der Waals surface area contributed by atoms with Gasteiger partial charge in [-0.15, -0.1) is 13.0 Å². The van der Waals surface area contributed by atoms with Crippen LogP contribution in [0.5, 0.6) is 0 Å². The Morgan fingerprint density at radius 3 is 2.29 bits per heavy atom. The van der Waals surface area contributed by atoms with Gasteiger partial charge in [0.05, 0.1) is 10.6 Å². The minimum Gasteiger partial charge on any atom is -0.398 e. The number of rotatable bonds is 10. The fourth-order valence-electron chi connectivity index (χ4n) is 5.69. The minimum absolute atomic E-state index is 0.0155. The smallest absolute Gasteiger partial charge is 0.166 e. The number of unbranched alkanes of at least 4 members (excludes halogenated alkanes) is 2. The molecule has 0 saturated carbocycles. The first-order chi connectivity index (χ1) is 21.3. The summed E-state index contributed by atoms with van der Waals surface area (Å²) in [5.74, 6) is 2.98. The number of nitrogen functional groups attached to an aromatic ring is 1. The molecular weight excluding hydrogens is 573 g/mol. The molecule has 2 aliphatic rings. The fraction of sp³-hybridized carbons (Fsp3) is 0.525. The van der Waals surface area contributed by atoms with Crippen LogP contribution in [0.25, 0.3) is 0 Å². The molecule has 1 aromatic carbocycles. The Morgan fingerprint density at radius 1 is 1.18 bits per heavy atom. The van der Waals surface area contributed by atoms with E-state index in [1.165, 1.54) is 79.2 Å². The number of carbonyl (C=O) groups is 2. The van der Waals surface area contributed by atoms with Crippen molar-refractivity contribution in [3.8, 4) is 12.3 Å². The number of hydrogen-bond donors (Lipinski definition) is 1. The largest absolute Gasteiger partial charge is 0.398 e. The van der Waals surface area contributed by atoms with Gasteiger partial charge in [-0.25, -0.2) is 0 Å². The standard InChI is InChI=1S/C19H29N.C14H15NO2S.C4H8.C3H8/c1-4-5-6-9-16-12-15(3)19(18(20)13-16)17-10-7-8-14(2)11-17;1-4-11(18)5-6-12-10(2)13(7-8-16)15(3)14(12)9-17;1-4(2)3;1-3-2/h11-13,17H,4-10,20H2,1-3H3;1,5-6,8-10,13H,7H2,2-3H3;1H2,2-3H3;3H2,1-2H3/b;6-5+;;. The number of anilines is 1. The molecule has 1 aliphatic heterocycles. The number of likely N-dealkylation sites (N-methyl/N-ethyl adjacent to an activating group) is 1. The average Bonchev–Trinajstić information content (AvgIpc) is 3.20. The van der Waals surface area contributed by atoms with E-state index in [-0.39, 0.29) is 12.0 Å². The molecule has 3 atom stereocenters. The van der Waals surface area contributed by atoms with E-state index < -0.39 is 0 Å². The van der Waals surface area contributed by atoms with E-state index in [1.54, 1.807) is 12.2 Å². The van der Waals surface area contributed by atoms with E-state index in [4.69, 9.17) is 24.4 Å². The Balaban J connectivity index is 0.000000716. The van der Waals surface area contributed by atoms with E-state index in [2.05, 4.69) is 65.3 Å². The number of aldehydes is 2. The van der Waals surface area contributed by atoms with E-state index in [1.807, 2.05) is 32.7 Å². The van der Waals surface area contributed by atoms with Gasteiger partial charge < -0.3 is 15.4 Å². The molecule has 0 radical (unpaired) electrons. The summed E-state index contributed by atoms with van der Waals surface area (Å²) in [6.07, 6.45) is 23.2. The monoisotopic (exact) mass is 632 g/mol. The molecule has 0 aromatic heterocycles. The number of nitrogens with zero attached hydrogens (tertiary/aromatic N) is 1. The maximum absolute atomic E-state index is 11.1. The summed E-state index contributed by atoms with van der Waals surface area (Å²) in [4.78, 5) is 24.0. The van der Waals surface area contributed by atoms with Gasteiger partial charge in [0.15, 0.2) is 6.29 Å². The van der Waals surface area contributed by atoms with Gasteiger partial charge in [-0.2, -0.15) is 0 Å².